The van der Waals surface area contributed by atoms with Crippen molar-refractivity contribution >= 4 is 10.9 Å². The zero-order chi connectivity index (χ0) is 11.9. The van der Waals surface area contributed by atoms with Crippen LogP contribution in [0.3, 0.4) is 0 Å². The van der Waals surface area contributed by atoms with Crippen LogP contribution in [0.15, 0.2) is 12.1 Å². The van der Waals surface area contributed by atoms with Gasteiger partial charge in [-0.25, -0.2) is 0 Å². The lowest BCUT2D eigenvalue weighted by Crippen LogP contribution is -2.14. The van der Waals surface area contributed by atoms with E-state index in [1.54, 1.807) is 0 Å². The van der Waals surface area contributed by atoms with Crippen LogP contribution < -0.4 is 0 Å². The molecule has 2 rings (SSSR count). The number of nitrogens with zero attached hydrogens (tertiary/aromatic N) is 1. The molecule has 0 saturated carbocycles. The molecule has 0 radical (unpaired) electrons. The molecule has 0 atom stereocenters. The number of nitrogens with one attached hydrogen (secondary N) is 1. The molecule has 0 aliphatic rings. The number of benzene rings is 1. The van der Waals surface area contributed by atoms with Crippen molar-refractivity contribution in [2.24, 2.45) is 0 Å². The summed E-state index contributed by atoms with van der Waals surface area (Å²) in [7, 11) is 0. The maximum absolute atomic E-state index is 9.32. The van der Waals surface area contributed by atoms with E-state index in [2.05, 4.69) is 44.0 Å². The van der Waals surface area contributed by atoms with E-state index in [1.807, 2.05) is 6.07 Å². The van der Waals surface area contributed by atoms with E-state index in [1.165, 1.54) is 11.1 Å². The minimum absolute atomic E-state index is 0.0213. The molecule has 0 spiro atoms. The largest absolute Gasteiger partial charge is 0.390 e. The lowest BCUT2D eigenvalue weighted by molar-refractivity contribution is 0.278. The standard InChI is InChI=1S/C13H18N2O/c1-8-5-6-9-11(10(7-16)15-14-9)12(8)13(2,3)4/h5-6,16H,7H2,1-4H3,(H,14,15). The van der Waals surface area contributed by atoms with Crippen molar-refractivity contribution in [1.29, 1.82) is 0 Å². The van der Waals surface area contributed by atoms with Crippen LogP contribution in [-0.2, 0) is 12.0 Å². The van der Waals surface area contributed by atoms with Crippen LogP contribution in [0, 0.1) is 6.92 Å². The van der Waals surface area contributed by atoms with E-state index in [0.717, 1.165) is 16.6 Å². The molecule has 16 heavy (non-hydrogen) atoms. The third kappa shape index (κ3) is 1.61. The highest BCUT2D eigenvalue weighted by Gasteiger charge is 2.22. The Morgan fingerprint density at radius 3 is 2.56 bits per heavy atom. The molecule has 0 saturated heterocycles. The Bertz CT molecular complexity index is 520. The Kier molecular flexibility index (Phi) is 2.50. The monoisotopic (exact) mass is 218 g/mol. The van der Waals surface area contributed by atoms with Gasteiger partial charge >= 0.3 is 0 Å². The van der Waals surface area contributed by atoms with E-state index in [4.69, 9.17) is 0 Å². The van der Waals surface area contributed by atoms with Crippen molar-refractivity contribution in [2.75, 3.05) is 0 Å². The molecule has 0 aliphatic heterocycles. The molecular formula is C13H18N2O. The number of rotatable bonds is 1. The van der Waals surface area contributed by atoms with Crippen LogP contribution in [0.25, 0.3) is 10.9 Å². The SMILES string of the molecule is Cc1ccc2[nH]nc(CO)c2c1C(C)(C)C. The third-order valence-corrected chi connectivity index (χ3v) is 2.91. The minimum Gasteiger partial charge on any atom is -0.390 e. The lowest BCUT2D eigenvalue weighted by atomic mass is 9.81. The molecule has 0 aliphatic carbocycles. The number of aliphatic hydroxyl groups excluding tert-OH is 1. The van der Waals surface area contributed by atoms with Gasteiger partial charge in [-0.2, -0.15) is 5.10 Å². The normalized spacial score (nSPS) is 12.3. The van der Waals surface area contributed by atoms with Gasteiger partial charge in [-0.05, 0) is 29.5 Å². The Hall–Kier alpha value is -1.35. The second kappa shape index (κ2) is 3.59. The number of aromatic nitrogens is 2. The molecule has 3 nitrogen and oxygen atoms in total. The number of aromatic amines is 1. The van der Waals surface area contributed by atoms with Crippen molar-refractivity contribution in [1.82, 2.24) is 10.2 Å². The average molecular weight is 218 g/mol. The number of hydrogen-bond acceptors (Lipinski definition) is 2. The smallest absolute Gasteiger partial charge is 0.0958 e. The van der Waals surface area contributed by atoms with E-state index < -0.39 is 0 Å². The fraction of sp³-hybridized carbons (Fsp3) is 0.462. The molecular weight excluding hydrogens is 200 g/mol. The van der Waals surface area contributed by atoms with Gasteiger partial charge < -0.3 is 5.11 Å². The van der Waals surface area contributed by atoms with Crippen molar-refractivity contribution < 1.29 is 5.11 Å². The zero-order valence-electron chi connectivity index (χ0n) is 10.3. The van der Waals surface area contributed by atoms with Crippen LogP contribution in [0.5, 0.6) is 0 Å². The second-order valence-corrected chi connectivity index (χ2v) is 5.26. The summed E-state index contributed by atoms with van der Waals surface area (Å²) in [5.74, 6) is 0. The van der Waals surface area contributed by atoms with Crippen molar-refractivity contribution in [3.8, 4) is 0 Å². The van der Waals surface area contributed by atoms with E-state index in [9.17, 15) is 5.11 Å². The molecule has 3 heteroatoms. The van der Waals surface area contributed by atoms with Crippen LogP contribution >= 0.6 is 0 Å². The number of hydrogen-bond donors (Lipinski definition) is 2. The van der Waals surface area contributed by atoms with Crippen LogP contribution in [0.1, 0.15) is 37.6 Å². The first-order valence-corrected chi connectivity index (χ1v) is 5.53. The topological polar surface area (TPSA) is 48.9 Å². The van der Waals surface area contributed by atoms with E-state index >= 15 is 0 Å². The van der Waals surface area contributed by atoms with Gasteiger partial charge in [-0.15, -0.1) is 0 Å². The Morgan fingerprint density at radius 1 is 1.31 bits per heavy atom. The van der Waals surface area contributed by atoms with Gasteiger partial charge in [0.1, 0.15) is 0 Å². The summed E-state index contributed by atoms with van der Waals surface area (Å²) in [5, 5.41) is 17.5. The predicted octanol–water partition coefficient (Wildman–Crippen LogP) is 2.66. The van der Waals surface area contributed by atoms with E-state index in [-0.39, 0.29) is 12.0 Å². The quantitative estimate of drug-likeness (QED) is 0.773. The Labute approximate surface area is 95.5 Å². The molecule has 0 unspecified atom stereocenters. The van der Waals surface area contributed by atoms with E-state index in [0.29, 0.717) is 0 Å². The molecule has 0 amide bonds. The van der Waals surface area contributed by atoms with Gasteiger partial charge in [-0.1, -0.05) is 26.8 Å². The first-order valence-electron chi connectivity index (χ1n) is 5.53. The van der Waals surface area contributed by atoms with Crippen LogP contribution in [-0.4, -0.2) is 15.3 Å². The molecule has 1 heterocycles. The summed E-state index contributed by atoms with van der Waals surface area (Å²) in [6.07, 6.45) is 0. The fourth-order valence-corrected chi connectivity index (χ4v) is 2.36. The van der Waals surface area contributed by atoms with Gasteiger partial charge in [0.15, 0.2) is 0 Å². The number of fused-ring (bicyclic) bond motifs is 1. The molecule has 0 fully saturated rings. The summed E-state index contributed by atoms with van der Waals surface area (Å²) in [5.41, 5.74) is 4.30. The number of H-pyrrole nitrogens is 1. The Morgan fingerprint density at radius 2 is 2.00 bits per heavy atom. The van der Waals surface area contributed by atoms with Gasteiger partial charge in [0.2, 0.25) is 0 Å². The molecule has 86 valence electrons. The van der Waals surface area contributed by atoms with Gasteiger partial charge in [0.05, 0.1) is 17.8 Å². The summed E-state index contributed by atoms with van der Waals surface area (Å²) in [6, 6.07) is 4.12. The first kappa shape index (κ1) is 11.1. The summed E-state index contributed by atoms with van der Waals surface area (Å²) >= 11 is 0. The fourth-order valence-electron chi connectivity index (χ4n) is 2.36. The lowest BCUT2D eigenvalue weighted by Gasteiger charge is -2.23. The predicted molar refractivity (Wildman–Crippen MR) is 65.5 cm³/mol. The van der Waals surface area contributed by atoms with Crippen molar-refractivity contribution in [3.05, 3.63) is 29.0 Å². The number of aryl methyl sites for hydroxylation is 1. The van der Waals surface area contributed by atoms with Gasteiger partial charge in [-0.3, -0.25) is 5.10 Å². The minimum atomic E-state index is -0.0213. The Balaban J connectivity index is 2.87. The molecule has 1 aromatic heterocycles. The van der Waals surface area contributed by atoms with Crippen molar-refractivity contribution in [3.63, 3.8) is 0 Å². The molecule has 2 N–H and O–H groups in total. The highest BCUT2D eigenvalue weighted by atomic mass is 16.3. The maximum Gasteiger partial charge on any atom is 0.0958 e. The maximum atomic E-state index is 9.32. The summed E-state index contributed by atoms with van der Waals surface area (Å²) in [6.45, 7) is 8.63. The third-order valence-electron chi connectivity index (χ3n) is 2.91. The molecule has 0 bridgehead atoms. The van der Waals surface area contributed by atoms with Gasteiger partial charge in [0.25, 0.3) is 0 Å². The zero-order valence-corrected chi connectivity index (χ0v) is 10.3. The average Bonchev–Trinajstić information content (AvgIpc) is 2.58. The van der Waals surface area contributed by atoms with Crippen LogP contribution in [0.4, 0.5) is 0 Å². The van der Waals surface area contributed by atoms with Gasteiger partial charge in [0, 0.05) is 5.39 Å². The summed E-state index contributed by atoms with van der Waals surface area (Å²) in [4.78, 5) is 0. The van der Waals surface area contributed by atoms with Crippen LogP contribution in [0.2, 0.25) is 0 Å². The highest BCUT2D eigenvalue weighted by Crippen LogP contribution is 2.33. The van der Waals surface area contributed by atoms with Crippen molar-refractivity contribution in [2.45, 2.75) is 39.7 Å². The molecule has 1 aromatic carbocycles. The number of aliphatic hydroxyl groups is 1. The first-order chi connectivity index (χ1) is 7.45. The molecule has 2 aromatic rings. The second-order valence-electron chi connectivity index (χ2n) is 5.26. The summed E-state index contributed by atoms with van der Waals surface area (Å²) < 4.78 is 0. The highest BCUT2D eigenvalue weighted by molar-refractivity contribution is 5.87.